The Labute approximate surface area is 75.3 Å². The highest BCUT2D eigenvalue weighted by molar-refractivity contribution is 4.76. The maximum atomic E-state index is 9.76. The molecule has 4 N–H and O–H groups in total. The van der Waals surface area contributed by atoms with Gasteiger partial charge in [0.2, 0.25) is 0 Å². The second kappa shape index (κ2) is 5.51. The summed E-state index contributed by atoms with van der Waals surface area (Å²) in [6.07, 6.45) is 1.84. The van der Waals surface area contributed by atoms with Crippen LogP contribution in [0.3, 0.4) is 0 Å². The van der Waals surface area contributed by atoms with Crippen molar-refractivity contribution in [2.75, 3.05) is 13.1 Å². The Hall–Kier alpha value is -0.120. The molecule has 0 amide bonds. The van der Waals surface area contributed by atoms with E-state index in [9.17, 15) is 5.11 Å². The van der Waals surface area contributed by atoms with Crippen molar-refractivity contribution in [2.45, 2.75) is 45.3 Å². The quantitative estimate of drug-likeness (QED) is 0.549. The zero-order valence-corrected chi connectivity index (χ0v) is 8.43. The molecule has 0 aliphatic carbocycles. The van der Waals surface area contributed by atoms with Gasteiger partial charge >= 0.3 is 0 Å². The largest absolute Gasteiger partial charge is 0.389 e. The Morgan fingerprint density at radius 1 is 1.58 bits per heavy atom. The maximum absolute atomic E-state index is 9.76. The van der Waals surface area contributed by atoms with E-state index in [0.29, 0.717) is 13.1 Å². The van der Waals surface area contributed by atoms with E-state index in [4.69, 9.17) is 5.73 Å². The van der Waals surface area contributed by atoms with Gasteiger partial charge in [-0.3, -0.25) is 0 Å². The highest BCUT2D eigenvalue weighted by Gasteiger charge is 2.18. The zero-order chi connectivity index (χ0) is 9.61. The first-order valence-electron chi connectivity index (χ1n) is 4.67. The highest BCUT2D eigenvalue weighted by atomic mass is 16.3. The summed E-state index contributed by atoms with van der Waals surface area (Å²) >= 11 is 0. The van der Waals surface area contributed by atoms with Crippen LogP contribution in [0.5, 0.6) is 0 Å². The minimum Gasteiger partial charge on any atom is -0.389 e. The zero-order valence-electron chi connectivity index (χ0n) is 8.43. The summed E-state index contributed by atoms with van der Waals surface area (Å²) in [5, 5.41) is 12.9. The SMILES string of the molecule is CCCC(C)(O)CNC(C)CN. The number of hydrogen-bond acceptors (Lipinski definition) is 3. The first-order valence-corrected chi connectivity index (χ1v) is 4.67. The van der Waals surface area contributed by atoms with E-state index in [1.807, 2.05) is 13.8 Å². The smallest absolute Gasteiger partial charge is 0.0743 e. The van der Waals surface area contributed by atoms with E-state index in [0.717, 1.165) is 12.8 Å². The summed E-state index contributed by atoms with van der Waals surface area (Å²) in [5.74, 6) is 0. The molecule has 74 valence electrons. The van der Waals surface area contributed by atoms with Crippen LogP contribution >= 0.6 is 0 Å². The molecule has 0 radical (unpaired) electrons. The molecule has 0 aromatic carbocycles. The van der Waals surface area contributed by atoms with E-state index in [1.54, 1.807) is 0 Å². The fourth-order valence-electron chi connectivity index (χ4n) is 1.10. The molecule has 0 rings (SSSR count). The fourth-order valence-corrected chi connectivity index (χ4v) is 1.10. The van der Waals surface area contributed by atoms with Gasteiger partial charge in [0.05, 0.1) is 5.60 Å². The van der Waals surface area contributed by atoms with Gasteiger partial charge in [0, 0.05) is 19.1 Å². The standard InChI is InChI=1S/C9H22N2O/c1-4-5-9(3,12)7-11-8(2)6-10/h8,11-12H,4-7,10H2,1-3H3. The van der Waals surface area contributed by atoms with Crippen molar-refractivity contribution in [1.29, 1.82) is 0 Å². The van der Waals surface area contributed by atoms with Crippen LogP contribution in [-0.4, -0.2) is 29.8 Å². The average molecular weight is 174 g/mol. The minimum atomic E-state index is -0.585. The van der Waals surface area contributed by atoms with Crippen molar-refractivity contribution < 1.29 is 5.11 Å². The fraction of sp³-hybridized carbons (Fsp3) is 1.00. The summed E-state index contributed by atoms with van der Waals surface area (Å²) in [5.41, 5.74) is 4.85. The van der Waals surface area contributed by atoms with Gasteiger partial charge in [0.25, 0.3) is 0 Å². The van der Waals surface area contributed by atoms with Crippen molar-refractivity contribution in [3.8, 4) is 0 Å². The van der Waals surface area contributed by atoms with Crippen molar-refractivity contribution in [3.63, 3.8) is 0 Å². The molecule has 0 heterocycles. The van der Waals surface area contributed by atoms with Crippen LogP contribution in [0.2, 0.25) is 0 Å². The van der Waals surface area contributed by atoms with Crippen molar-refractivity contribution in [3.05, 3.63) is 0 Å². The Kier molecular flexibility index (Phi) is 5.46. The van der Waals surface area contributed by atoms with E-state index < -0.39 is 5.60 Å². The Morgan fingerprint density at radius 2 is 2.17 bits per heavy atom. The van der Waals surface area contributed by atoms with Crippen LogP contribution in [-0.2, 0) is 0 Å². The highest BCUT2D eigenvalue weighted by Crippen LogP contribution is 2.09. The first kappa shape index (κ1) is 11.9. The second-order valence-corrected chi connectivity index (χ2v) is 3.76. The minimum absolute atomic E-state index is 0.285. The molecule has 0 saturated carbocycles. The third-order valence-corrected chi connectivity index (χ3v) is 1.97. The summed E-state index contributed by atoms with van der Waals surface area (Å²) in [6, 6.07) is 0.285. The third kappa shape index (κ3) is 5.52. The van der Waals surface area contributed by atoms with Crippen molar-refractivity contribution in [1.82, 2.24) is 5.32 Å². The Bertz CT molecular complexity index is 115. The summed E-state index contributed by atoms with van der Waals surface area (Å²) in [7, 11) is 0. The van der Waals surface area contributed by atoms with Crippen molar-refractivity contribution in [2.24, 2.45) is 5.73 Å². The van der Waals surface area contributed by atoms with Crippen molar-refractivity contribution >= 4 is 0 Å². The molecule has 2 unspecified atom stereocenters. The lowest BCUT2D eigenvalue weighted by Gasteiger charge is -2.25. The molecule has 0 fully saturated rings. The van der Waals surface area contributed by atoms with E-state index in [1.165, 1.54) is 0 Å². The molecule has 12 heavy (non-hydrogen) atoms. The van der Waals surface area contributed by atoms with Gasteiger partial charge in [-0.25, -0.2) is 0 Å². The molecule has 0 aromatic rings. The van der Waals surface area contributed by atoms with Gasteiger partial charge in [-0.15, -0.1) is 0 Å². The molecular formula is C9H22N2O. The predicted octanol–water partition coefficient (Wildman–Crippen LogP) is 0.474. The van der Waals surface area contributed by atoms with Crippen LogP contribution in [0.25, 0.3) is 0 Å². The molecule has 3 nitrogen and oxygen atoms in total. The van der Waals surface area contributed by atoms with Crippen LogP contribution in [0.15, 0.2) is 0 Å². The lowest BCUT2D eigenvalue weighted by molar-refractivity contribution is 0.0479. The number of nitrogens with two attached hydrogens (primary N) is 1. The number of hydrogen-bond donors (Lipinski definition) is 3. The topological polar surface area (TPSA) is 58.3 Å². The van der Waals surface area contributed by atoms with Gasteiger partial charge in [-0.05, 0) is 20.3 Å². The van der Waals surface area contributed by atoms with Gasteiger partial charge < -0.3 is 16.2 Å². The second-order valence-electron chi connectivity index (χ2n) is 3.76. The number of rotatable bonds is 6. The molecule has 0 aliphatic rings. The Morgan fingerprint density at radius 3 is 2.58 bits per heavy atom. The maximum Gasteiger partial charge on any atom is 0.0743 e. The first-order chi connectivity index (χ1) is 5.52. The van der Waals surface area contributed by atoms with Gasteiger partial charge in [0.15, 0.2) is 0 Å². The van der Waals surface area contributed by atoms with Crippen LogP contribution in [0.4, 0.5) is 0 Å². The number of aliphatic hydroxyl groups is 1. The van der Waals surface area contributed by atoms with E-state index in [-0.39, 0.29) is 6.04 Å². The monoisotopic (exact) mass is 174 g/mol. The molecule has 0 aliphatic heterocycles. The van der Waals surface area contributed by atoms with Crippen LogP contribution < -0.4 is 11.1 Å². The van der Waals surface area contributed by atoms with Crippen LogP contribution in [0.1, 0.15) is 33.6 Å². The van der Waals surface area contributed by atoms with Crippen LogP contribution in [0, 0.1) is 0 Å². The molecule has 0 bridgehead atoms. The summed E-state index contributed by atoms with van der Waals surface area (Å²) < 4.78 is 0. The average Bonchev–Trinajstić information content (AvgIpc) is 2.00. The summed E-state index contributed by atoms with van der Waals surface area (Å²) in [6.45, 7) is 7.18. The predicted molar refractivity (Wildman–Crippen MR) is 52.1 cm³/mol. The third-order valence-electron chi connectivity index (χ3n) is 1.97. The summed E-state index contributed by atoms with van der Waals surface area (Å²) in [4.78, 5) is 0. The number of nitrogens with one attached hydrogen (secondary N) is 1. The van der Waals surface area contributed by atoms with E-state index >= 15 is 0 Å². The molecule has 0 saturated heterocycles. The molecule has 0 spiro atoms. The van der Waals surface area contributed by atoms with E-state index in [2.05, 4.69) is 12.2 Å². The van der Waals surface area contributed by atoms with Gasteiger partial charge in [0.1, 0.15) is 0 Å². The van der Waals surface area contributed by atoms with Gasteiger partial charge in [-0.2, -0.15) is 0 Å². The lowest BCUT2D eigenvalue weighted by atomic mass is 10.0. The molecule has 3 heteroatoms. The molecular weight excluding hydrogens is 152 g/mol. The lowest BCUT2D eigenvalue weighted by Crippen LogP contribution is -2.43. The normalized spacial score (nSPS) is 18.8. The molecule has 0 aromatic heterocycles. The van der Waals surface area contributed by atoms with Gasteiger partial charge in [-0.1, -0.05) is 13.3 Å². The molecule has 2 atom stereocenters. The Balaban J connectivity index is 3.59.